The summed E-state index contributed by atoms with van der Waals surface area (Å²) in [5.41, 5.74) is -0.0111. The molecule has 0 aliphatic carbocycles. The molecule has 0 saturated carbocycles. The predicted molar refractivity (Wildman–Crippen MR) is 67.1 cm³/mol. The molecule has 0 amide bonds. The minimum absolute atomic E-state index is 0. The molecule has 0 aliphatic rings. The zero-order valence-electron chi connectivity index (χ0n) is 10.2. The van der Waals surface area contributed by atoms with Crippen molar-refractivity contribution < 1.29 is 19.8 Å². The number of hydrogen-bond donors (Lipinski definition) is 2. The number of carboxylic acid groups (broad SMARTS) is 2. The molecule has 5 heteroatoms. The molecule has 0 spiro atoms. The maximum atomic E-state index is 10.7. The summed E-state index contributed by atoms with van der Waals surface area (Å²) in [6, 6.07) is 0. The molecule has 0 aliphatic heterocycles. The summed E-state index contributed by atoms with van der Waals surface area (Å²) in [6.07, 6.45) is 7.48. The van der Waals surface area contributed by atoms with E-state index in [1.165, 1.54) is 19.3 Å². The van der Waals surface area contributed by atoms with Crippen molar-refractivity contribution in [2.45, 2.75) is 51.9 Å². The molecule has 0 heterocycles. The normalized spacial score (nSPS) is 10.8. The van der Waals surface area contributed by atoms with Crippen LogP contribution in [-0.2, 0) is 9.59 Å². The van der Waals surface area contributed by atoms with E-state index in [1.54, 1.807) is 0 Å². The third kappa shape index (κ3) is 11.7. The first-order valence-corrected chi connectivity index (χ1v) is 5.74. The molecule has 0 aromatic rings. The molecule has 0 rings (SSSR count). The fourth-order valence-electron chi connectivity index (χ4n) is 1.49. The van der Waals surface area contributed by atoms with Gasteiger partial charge in [0.1, 0.15) is 0 Å². The molecule has 0 aromatic carbocycles. The second-order valence-electron chi connectivity index (χ2n) is 3.83. The summed E-state index contributed by atoms with van der Waals surface area (Å²) in [5, 5.41) is 17.2. The van der Waals surface area contributed by atoms with Crippen LogP contribution in [0.15, 0.2) is 11.6 Å². The summed E-state index contributed by atoms with van der Waals surface area (Å²) < 4.78 is 0. The van der Waals surface area contributed by atoms with E-state index in [2.05, 4.69) is 6.92 Å². The van der Waals surface area contributed by atoms with Gasteiger partial charge in [-0.25, -0.2) is 9.59 Å². The van der Waals surface area contributed by atoms with Crippen molar-refractivity contribution in [2.75, 3.05) is 0 Å². The predicted octanol–water partition coefficient (Wildman–Crippen LogP) is 2.45. The van der Waals surface area contributed by atoms with E-state index in [-0.39, 0.29) is 29.5 Å². The Kier molecular flexibility index (Phi) is 13.2. The van der Waals surface area contributed by atoms with Gasteiger partial charge in [0.2, 0.25) is 0 Å². The Bertz CT molecular complexity index is 261. The van der Waals surface area contributed by atoms with Gasteiger partial charge in [-0.2, -0.15) is 0 Å². The minimum atomic E-state index is -1.19. The van der Waals surface area contributed by atoms with Crippen molar-refractivity contribution in [1.82, 2.24) is 0 Å². The molecule has 4 radical (unpaired) electrons. The van der Waals surface area contributed by atoms with Gasteiger partial charge in [-0.05, 0) is 12.8 Å². The SMILES string of the molecule is CCCCCCCC/C(=C/C(=O)O)C(=O)O.[Sn]. The molecule has 0 aromatic heterocycles. The van der Waals surface area contributed by atoms with Gasteiger partial charge in [-0.15, -0.1) is 0 Å². The fraction of sp³-hybridized carbons (Fsp3) is 0.667. The van der Waals surface area contributed by atoms with E-state index in [0.717, 1.165) is 25.3 Å². The summed E-state index contributed by atoms with van der Waals surface area (Å²) in [7, 11) is 0. The first kappa shape index (κ1) is 18.8. The molecule has 0 bridgehead atoms. The van der Waals surface area contributed by atoms with Crippen LogP contribution in [0.5, 0.6) is 0 Å². The number of carboxylic acids is 2. The van der Waals surface area contributed by atoms with E-state index in [4.69, 9.17) is 10.2 Å². The molecule has 0 fully saturated rings. The Labute approximate surface area is 119 Å². The smallest absolute Gasteiger partial charge is 0.331 e. The number of hydrogen-bond acceptors (Lipinski definition) is 2. The van der Waals surface area contributed by atoms with Crippen LogP contribution in [0.1, 0.15) is 51.9 Å². The number of aliphatic carboxylic acids is 2. The van der Waals surface area contributed by atoms with Gasteiger partial charge in [-0.3, -0.25) is 0 Å². The maximum Gasteiger partial charge on any atom is 0.331 e. The van der Waals surface area contributed by atoms with Crippen LogP contribution in [0.2, 0.25) is 0 Å². The zero-order valence-corrected chi connectivity index (χ0v) is 13.1. The van der Waals surface area contributed by atoms with Gasteiger partial charge in [0.25, 0.3) is 0 Å². The number of carbonyl (C=O) groups is 2. The Morgan fingerprint density at radius 1 is 1.00 bits per heavy atom. The van der Waals surface area contributed by atoms with Crippen LogP contribution in [0.4, 0.5) is 0 Å². The first-order valence-electron chi connectivity index (χ1n) is 5.74. The molecule has 0 atom stereocenters. The van der Waals surface area contributed by atoms with Crippen molar-refractivity contribution in [3.8, 4) is 0 Å². The van der Waals surface area contributed by atoms with Crippen LogP contribution in [0.3, 0.4) is 0 Å². The molecular formula is C12H20O4Sn. The summed E-state index contributed by atoms with van der Waals surface area (Å²) >= 11 is 0. The molecule has 2 N–H and O–H groups in total. The Hall–Kier alpha value is -0.521. The second-order valence-corrected chi connectivity index (χ2v) is 3.83. The van der Waals surface area contributed by atoms with Gasteiger partial charge < -0.3 is 10.2 Å². The summed E-state index contributed by atoms with van der Waals surface area (Å²) in [4.78, 5) is 21.0. The molecule has 17 heavy (non-hydrogen) atoms. The third-order valence-corrected chi connectivity index (χ3v) is 2.37. The van der Waals surface area contributed by atoms with Crippen molar-refractivity contribution in [3.05, 3.63) is 11.6 Å². The Morgan fingerprint density at radius 3 is 2.00 bits per heavy atom. The van der Waals surface area contributed by atoms with E-state index >= 15 is 0 Å². The average Bonchev–Trinajstić information content (AvgIpc) is 2.20. The fourth-order valence-corrected chi connectivity index (χ4v) is 1.49. The molecule has 0 saturated heterocycles. The van der Waals surface area contributed by atoms with E-state index in [9.17, 15) is 9.59 Å². The molecule has 96 valence electrons. The second kappa shape index (κ2) is 11.9. The Morgan fingerprint density at radius 2 is 1.53 bits per heavy atom. The zero-order chi connectivity index (χ0) is 12.4. The van der Waals surface area contributed by atoms with Crippen LogP contribution in [0.25, 0.3) is 0 Å². The van der Waals surface area contributed by atoms with Crippen molar-refractivity contribution in [2.24, 2.45) is 0 Å². The van der Waals surface area contributed by atoms with Gasteiger partial charge in [0, 0.05) is 35.6 Å². The average molecular weight is 347 g/mol. The van der Waals surface area contributed by atoms with E-state index in [0.29, 0.717) is 6.42 Å². The van der Waals surface area contributed by atoms with Gasteiger partial charge in [0.05, 0.1) is 0 Å². The number of rotatable bonds is 9. The third-order valence-electron chi connectivity index (χ3n) is 2.37. The monoisotopic (exact) mass is 348 g/mol. The van der Waals surface area contributed by atoms with Crippen LogP contribution < -0.4 is 0 Å². The largest absolute Gasteiger partial charge is 0.478 e. The molecular weight excluding hydrogens is 327 g/mol. The van der Waals surface area contributed by atoms with Crippen LogP contribution in [-0.4, -0.2) is 46.1 Å². The number of unbranched alkanes of at least 4 members (excludes halogenated alkanes) is 5. The topological polar surface area (TPSA) is 74.6 Å². The summed E-state index contributed by atoms with van der Waals surface area (Å²) in [5.74, 6) is -2.32. The minimum Gasteiger partial charge on any atom is -0.478 e. The van der Waals surface area contributed by atoms with Gasteiger partial charge >= 0.3 is 11.9 Å². The van der Waals surface area contributed by atoms with Gasteiger partial charge in [-0.1, -0.05) is 39.0 Å². The Balaban J connectivity index is 0. The standard InChI is InChI=1S/C12H20O4.Sn/c1-2-3-4-5-6-7-8-10(12(15)16)9-11(13)14;/h9H,2-8H2,1H3,(H,13,14)(H,15,16);/b10-9-;. The molecule has 4 nitrogen and oxygen atoms in total. The first-order chi connectivity index (χ1) is 7.57. The maximum absolute atomic E-state index is 10.7. The molecule has 0 unspecified atom stereocenters. The van der Waals surface area contributed by atoms with Gasteiger partial charge in [0.15, 0.2) is 0 Å². The quantitative estimate of drug-likeness (QED) is 0.382. The van der Waals surface area contributed by atoms with Crippen molar-refractivity contribution >= 4 is 35.8 Å². The van der Waals surface area contributed by atoms with E-state index in [1.807, 2.05) is 0 Å². The van der Waals surface area contributed by atoms with Crippen molar-refractivity contribution in [1.29, 1.82) is 0 Å². The summed E-state index contributed by atoms with van der Waals surface area (Å²) in [6.45, 7) is 2.14. The van der Waals surface area contributed by atoms with Crippen LogP contribution >= 0.6 is 0 Å². The van der Waals surface area contributed by atoms with E-state index < -0.39 is 11.9 Å². The van der Waals surface area contributed by atoms with Crippen molar-refractivity contribution in [3.63, 3.8) is 0 Å². The van der Waals surface area contributed by atoms with Crippen LogP contribution in [0, 0.1) is 0 Å².